The maximum absolute atomic E-state index is 4.91. The lowest BCUT2D eigenvalue weighted by Gasteiger charge is -2.33. The molecule has 0 bridgehead atoms. The summed E-state index contributed by atoms with van der Waals surface area (Å²) in [5, 5.41) is 13.5. The number of aliphatic imine (C=N–C) groups is 1. The van der Waals surface area contributed by atoms with Crippen molar-refractivity contribution in [2.24, 2.45) is 10.9 Å². The van der Waals surface area contributed by atoms with Gasteiger partial charge in [0.15, 0.2) is 11.1 Å². The van der Waals surface area contributed by atoms with Gasteiger partial charge in [-0.05, 0) is 51.2 Å². The first-order valence-corrected chi connectivity index (χ1v) is 12.0. The largest absolute Gasteiger partial charge is 0.357 e. The highest BCUT2D eigenvalue weighted by Gasteiger charge is 2.23. The number of aryl methyl sites for hydroxylation is 1. The monoisotopic (exact) mass is 520 g/mol. The predicted octanol–water partition coefficient (Wildman–Crippen LogP) is 4.36. The number of thioether (sulfide) groups is 1. The fourth-order valence-corrected chi connectivity index (χ4v) is 4.95. The molecule has 28 heavy (non-hydrogen) atoms. The Morgan fingerprint density at radius 1 is 1.21 bits per heavy atom. The van der Waals surface area contributed by atoms with Crippen molar-refractivity contribution in [2.45, 2.75) is 76.4 Å². The summed E-state index contributed by atoms with van der Waals surface area (Å²) in [6.45, 7) is 8.52. The average Bonchev–Trinajstić information content (AvgIpc) is 3.33. The van der Waals surface area contributed by atoms with Crippen molar-refractivity contribution in [2.75, 3.05) is 32.4 Å². The number of nitrogens with zero attached hydrogens (tertiary/aromatic N) is 5. The summed E-state index contributed by atoms with van der Waals surface area (Å²) in [4.78, 5) is 7.34. The third-order valence-corrected chi connectivity index (χ3v) is 6.36. The summed E-state index contributed by atoms with van der Waals surface area (Å²) < 4.78 is 2.42. The van der Waals surface area contributed by atoms with Crippen molar-refractivity contribution < 1.29 is 0 Å². The molecule has 1 N–H and O–H groups in total. The van der Waals surface area contributed by atoms with E-state index in [4.69, 9.17) is 4.99 Å². The lowest BCUT2D eigenvalue weighted by molar-refractivity contribution is 0.266. The van der Waals surface area contributed by atoms with Crippen LogP contribution in [0.1, 0.15) is 70.7 Å². The highest BCUT2D eigenvalue weighted by Crippen LogP contribution is 2.33. The van der Waals surface area contributed by atoms with E-state index in [0.717, 1.165) is 61.9 Å². The van der Waals surface area contributed by atoms with E-state index in [-0.39, 0.29) is 24.0 Å². The Labute approximate surface area is 191 Å². The summed E-state index contributed by atoms with van der Waals surface area (Å²) in [6, 6.07) is 0.605. The first kappa shape index (κ1) is 23.8. The minimum atomic E-state index is 0. The Balaban J connectivity index is 0.00000280. The molecule has 0 amide bonds. The molecule has 1 aliphatic carbocycles. The van der Waals surface area contributed by atoms with E-state index in [0.29, 0.717) is 6.04 Å². The minimum absolute atomic E-state index is 0. The van der Waals surface area contributed by atoms with Crippen molar-refractivity contribution in [1.82, 2.24) is 25.0 Å². The van der Waals surface area contributed by atoms with E-state index in [9.17, 15) is 0 Å². The molecule has 2 aliphatic rings. The van der Waals surface area contributed by atoms with Crippen molar-refractivity contribution in [1.29, 1.82) is 0 Å². The van der Waals surface area contributed by atoms with Gasteiger partial charge in [-0.2, -0.15) is 0 Å². The number of halogens is 1. The molecule has 1 saturated heterocycles. The fourth-order valence-electron chi connectivity index (χ4n) is 4.38. The van der Waals surface area contributed by atoms with Gasteiger partial charge in [0.25, 0.3) is 0 Å². The molecule has 0 spiro atoms. The van der Waals surface area contributed by atoms with Gasteiger partial charge in [-0.25, -0.2) is 0 Å². The van der Waals surface area contributed by atoms with Crippen molar-refractivity contribution >= 4 is 41.7 Å². The van der Waals surface area contributed by atoms with Crippen LogP contribution in [0.15, 0.2) is 10.1 Å². The number of nitrogens with one attached hydrogen (secondary N) is 1. The maximum Gasteiger partial charge on any atom is 0.193 e. The van der Waals surface area contributed by atoms with Gasteiger partial charge in [0, 0.05) is 38.6 Å². The first-order valence-electron chi connectivity index (χ1n) is 10.7. The van der Waals surface area contributed by atoms with Crippen LogP contribution in [0, 0.1) is 5.92 Å². The van der Waals surface area contributed by atoms with Gasteiger partial charge in [0.05, 0.1) is 0 Å². The van der Waals surface area contributed by atoms with Crippen molar-refractivity contribution in [3.63, 3.8) is 0 Å². The highest BCUT2D eigenvalue weighted by molar-refractivity contribution is 14.0. The normalized spacial score (nSPS) is 21.0. The number of piperidine rings is 1. The SMILES string of the molecule is CCNC(=NCCCc1nnc(SC)n1C1CCCC1)N1CCCC(C)C1.I. The zero-order valence-electron chi connectivity index (χ0n) is 17.7. The Morgan fingerprint density at radius 3 is 2.68 bits per heavy atom. The van der Waals surface area contributed by atoms with Gasteiger partial charge in [0.2, 0.25) is 0 Å². The van der Waals surface area contributed by atoms with Crippen LogP contribution in [-0.2, 0) is 6.42 Å². The molecule has 1 aromatic rings. The molecule has 3 rings (SSSR count). The number of hydrogen-bond acceptors (Lipinski definition) is 4. The van der Waals surface area contributed by atoms with Crippen LogP contribution < -0.4 is 5.32 Å². The zero-order chi connectivity index (χ0) is 19.1. The number of likely N-dealkylation sites (tertiary alicyclic amines) is 1. The Bertz CT molecular complexity index is 614. The highest BCUT2D eigenvalue weighted by atomic mass is 127. The number of hydrogen-bond donors (Lipinski definition) is 1. The predicted molar refractivity (Wildman–Crippen MR) is 129 cm³/mol. The first-order chi connectivity index (χ1) is 13.2. The minimum Gasteiger partial charge on any atom is -0.357 e. The third-order valence-electron chi connectivity index (χ3n) is 5.72. The van der Waals surface area contributed by atoms with Gasteiger partial charge in [-0.1, -0.05) is 31.5 Å². The van der Waals surface area contributed by atoms with E-state index in [1.807, 2.05) is 0 Å². The average molecular weight is 521 g/mol. The molecule has 160 valence electrons. The molecular weight excluding hydrogens is 483 g/mol. The number of aromatic nitrogens is 3. The molecule has 0 radical (unpaired) electrons. The lowest BCUT2D eigenvalue weighted by Crippen LogP contribution is -2.46. The summed E-state index contributed by atoms with van der Waals surface area (Å²) in [5.41, 5.74) is 0. The molecule has 2 fully saturated rings. The van der Waals surface area contributed by atoms with Crippen molar-refractivity contribution in [3.8, 4) is 0 Å². The smallest absolute Gasteiger partial charge is 0.193 e. The van der Waals surface area contributed by atoms with E-state index in [1.165, 1.54) is 38.5 Å². The molecule has 1 aromatic heterocycles. The second-order valence-electron chi connectivity index (χ2n) is 7.94. The van der Waals surface area contributed by atoms with Crippen molar-refractivity contribution in [3.05, 3.63) is 5.82 Å². The maximum atomic E-state index is 4.91. The third kappa shape index (κ3) is 6.24. The molecule has 1 saturated carbocycles. The number of rotatable bonds is 7. The Kier molecular flexibility index (Phi) is 10.4. The molecule has 0 aromatic carbocycles. The molecule has 8 heteroatoms. The molecule has 2 heterocycles. The van der Waals surface area contributed by atoms with Crippen LogP contribution in [0.2, 0.25) is 0 Å². The lowest BCUT2D eigenvalue weighted by atomic mass is 10.0. The van der Waals surface area contributed by atoms with Crippen LogP contribution in [0.5, 0.6) is 0 Å². The summed E-state index contributed by atoms with van der Waals surface area (Å²) in [6.07, 6.45) is 11.9. The van der Waals surface area contributed by atoms with E-state index in [1.54, 1.807) is 11.8 Å². The van der Waals surface area contributed by atoms with Gasteiger partial charge >= 0.3 is 0 Å². The van der Waals surface area contributed by atoms with Gasteiger partial charge in [-0.15, -0.1) is 34.2 Å². The second-order valence-corrected chi connectivity index (χ2v) is 8.72. The molecule has 1 aliphatic heterocycles. The van der Waals surface area contributed by atoms with E-state index >= 15 is 0 Å². The van der Waals surface area contributed by atoms with Gasteiger partial charge < -0.3 is 14.8 Å². The summed E-state index contributed by atoms with van der Waals surface area (Å²) in [7, 11) is 0. The van der Waals surface area contributed by atoms with Crippen LogP contribution in [0.3, 0.4) is 0 Å². The van der Waals surface area contributed by atoms with Gasteiger partial charge in [-0.3, -0.25) is 4.99 Å². The summed E-state index contributed by atoms with van der Waals surface area (Å²) >= 11 is 1.72. The fraction of sp³-hybridized carbons (Fsp3) is 0.850. The molecular formula is C20H37IN6S. The van der Waals surface area contributed by atoms with Crippen LogP contribution in [0.25, 0.3) is 0 Å². The summed E-state index contributed by atoms with van der Waals surface area (Å²) in [5.74, 6) is 3.00. The van der Waals surface area contributed by atoms with Crippen LogP contribution in [-0.4, -0.2) is 58.1 Å². The Morgan fingerprint density at radius 2 is 2.00 bits per heavy atom. The second kappa shape index (κ2) is 12.2. The quantitative estimate of drug-likeness (QED) is 0.190. The molecule has 6 nitrogen and oxygen atoms in total. The van der Waals surface area contributed by atoms with E-state index in [2.05, 4.69) is 45.1 Å². The molecule has 1 unspecified atom stereocenters. The number of guanidine groups is 1. The molecule has 1 atom stereocenters. The standard InChI is InChI=1S/C20H36N6S.HI/c1-4-21-19(25-14-8-9-16(2)15-25)22-13-7-12-18-23-24-20(27-3)26(18)17-10-5-6-11-17;/h16-17H,4-15H2,1-3H3,(H,21,22);1H. The Hall–Kier alpha value is -0.510. The van der Waals surface area contributed by atoms with E-state index < -0.39 is 0 Å². The van der Waals surface area contributed by atoms with Crippen LogP contribution in [0.4, 0.5) is 0 Å². The van der Waals surface area contributed by atoms with Gasteiger partial charge in [0.1, 0.15) is 5.82 Å². The zero-order valence-corrected chi connectivity index (χ0v) is 20.8. The topological polar surface area (TPSA) is 58.3 Å². The van der Waals surface area contributed by atoms with Crippen LogP contribution >= 0.6 is 35.7 Å².